The minimum absolute atomic E-state index is 0.0950. The van der Waals surface area contributed by atoms with Gasteiger partial charge in [0.15, 0.2) is 11.5 Å². The Morgan fingerprint density at radius 2 is 1.57 bits per heavy atom. The third-order valence-electron chi connectivity index (χ3n) is 5.91. The van der Waals surface area contributed by atoms with Crippen LogP contribution in [0.4, 0.5) is 5.69 Å². The third kappa shape index (κ3) is 6.29. The number of rotatable bonds is 10. The maximum Gasteiger partial charge on any atom is 0.265 e. The Balaban J connectivity index is 2.03. The van der Waals surface area contributed by atoms with Crippen LogP contribution >= 0.6 is 11.6 Å². The van der Waals surface area contributed by atoms with Crippen molar-refractivity contribution in [2.45, 2.75) is 31.7 Å². The molecule has 198 valence electrons. The van der Waals surface area contributed by atoms with Gasteiger partial charge in [0.1, 0.15) is 12.3 Å². The second-order valence-electron chi connectivity index (χ2n) is 8.49. The van der Waals surface area contributed by atoms with Crippen molar-refractivity contribution in [2.24, 2.45) is 0 Å². The highest BCUT2D eigenvalue weighted by molar-refractivity contribution is 7.92. The number of benzene rings is 3. The number of carbonyl (C=O) groups excluding carboxylic acids is 1. The van der Waals surface area contributed by atoms with Crippen molar-refractivity contribution in [3.05, 3.63) is 76.3 Å². The van der Waals surface area contributed by atoms with Crippen molar-refractivity contribution >= 4 is 33.2 Å². The molecule has 37 heavy (non-hydrogen) atoms. The van der Waals surface area contributed by atoms with Gasteiger partial charge >= 0.3 is 0 Å². The van der Waals surface area contributed by atoms with Crippen LogP contribution in [-0.4, -0.2) is 42.2 Å². The molecule has 1 unspecified atom stereocenters. The summed E-state index contributed by atoms with van der Waals surface area (Å²) in [6.07, 6.45) is 0. The summed E-state index contributed by atoms with van der Waals surface area (Å²) in [4.78, 5) is 13.1. The maximum absolute atomic E-state index is 13.9. The summed E-state index contributed by atoms with van der Waals surface area (Å²) in [5.74, 6) is 0.338. The molecule has 0 aliphatic rings. The van der Waals surface area contributed by atoms with E-state index in [-0.39, 0.29) is 33.1 Å². The number of methoxy groups -OCH3 is 3. The largest absolute Gasteiger partial charge is 0.495 e. The first-order valence-electron chi connectivity index (χ1n) is 11.5. The minimum atomic E-state index is -4.27. The van der Waals surface area contributed by atoms with Crippen molar-refractivity contribution in [2.75, 3.05) is 32.2 Å². The van der Waals surface area contributed by atoms with Crippen LogP contribution in [0.25, 0.3) is 0 Å². The van der Waals surface area contributed by atoms with Gasteiger partial charge < -0.3 is 19.5 Å². The monoisotopic (exact) mass is 546 g/mol. The van der Waals surface area contributed by atoms with E-state index >= 15 is 0 Å². The van der Waals surface area contributed by atoms with Gasteiger partial charge in [-0.1, -0.05) is 35.4 Å². The first-order chi connectivity index (χ1) is 17.5. The van der Waals surface area contributed by atoms with E-state index in [4.69, 9.17) is 25.8 Å². The number of amides is 1. The molecule has 0 heterocycles. The Bertz CT molecular complexity index is 1390. The molecule has 0 radical (unpaired) electrons. The lowest BCUT2D eigenvalue weighted by atomic mass is 10.0. The fourth-order valence-corrected chi connectivity index (χ4v) is 5.67. The smallest absolute Gasteiger partial charge is 0.265 e. The highest BCUT2D eigenvalue weighted by Crippen LogP contribution is 2.37. The number of sulfonamides is 1. The van der Waals surface area contributed by atoms with Gasteiger partial charge in [0.05, 0.1) is 38.0 Å². The molecule has 3 aromatic rings. The first-order valence-corrected chi connectivity index (χ1v) is 13.3. The summed E-state index contributed by atoms with van der Waals surface area (Å²) in [5, 5.41) is 3.19. The average molecular weight is 547 g/mol. The number of carbonyl (C=O) groups is 1. The summed E-state index contributed by atoms with van der Waals surface area (Å²) >= 11 is 6.22. The molecule has 1 atom stereocenters. The van der Waals surface area contributed by atoms with Gasteiger partial charge in [-0.15, -0.1) is 0 Å². The highest BCUT2D eigenvalue weighted by atomic mass is 35.5. The molecule has 0 aromatic heterocycles. The van der Waals surface area contributed by atoms with Gasteiger partial charge in [0.2, 0.25) is 5.91 Å². The lowest BCUT2D eigenvalue weighted by molar-refractivity contribution is -0.120. The Hall–Kier alpha value is -3.43. The van der Waals surface area contributed by atoms with E-state index in [0.29, 0.717) is 5.75 Å². The molecule has 8 nitrogen and oxygen atoms in total. The van der Waals surface area contributed by atoms with Crippen molar-refractivity contribution in [3.8, 4) is 17.2 Å². The standard InChI is InChI=1S/C27H31ClN2O6S/c1-17-7-10-22(18(2)13-17)19(3)29-27(31)16-30(23-14-20(28)8-11-24(23)34-4)37(32,33)21-9-12-25(35-5)26(15-21)36-6/h7-15,19H,16H2,1-6H3,(H,29,31). The molecule has 0 saturated carbocycles. The molecular formula is C27H31ClN2O6S. The number of halogens is 1. The molecule has 0 bridgehead atoms. The lowest BCUT2D eigenvalue weighted by Gasteiger charge is -2.27. The average Bonchev–Trinajstić information content (AvgIpc) is 2.86. The van der Waals surface area contributed by atoms with Crippen LogP contribution in [-0.2, 0) is 14.8 Å². The van der Waals surface area contributed by atoms with Gasteiger partial charge in [-0.05, 0) is 62.2 Å². The number of hydrogen-bond acceptors (Lipinski definition) is 6. The van der Waals surface area contributed by atoms with Gasteiger partial charge in [-0.2, -0.15) is 0 Å². The van der Waals surface area contributed by atoms with Crippen LogP contribution in [0.3, 0.4) is 0 Å². The van der Waals surface area contributed by atoms with E-state index in [2.05, 4.69) is 5.32 Å². The predicted molar refractivity (Wildman–Crippen MR) is 145 cm³/mol. The van der Waals surface area contributed by atoms with Crippen molar-refractivity contribution in [1.29, 1.82) is 0 Å². The summed E-state index contributed by atoms with van der Waals surface area (Å²) in [6.45, 7) is 5.30. The molecule has 0 aliphatic heterocycles. The van der Waals surface area contributed by atoms with E-state index in [1.165, 1.54) is 45.6 Å². The summed E-state index contributed by atoms with van der Waals surface area (Å²) < 4.78 is 44.7. The Morgan fingerprint density at radius 3 is 2.19 bits per heavy atom. The molecule has 0 aliphatic carbocycles. The van der Waals surface area contributed by atoms with Gasteiger partial charge in [-0.25, -0.2) is 8.42 Å². The normalized spacial score (nSPS) is 12.0. The predicted octanol–water partition coefficient (Wildman–Crippen LogP) is 5.06. The fourth-order valence-electron chi connectivity index (χ4n) is 4.07. The highest BCUT2D eigenvalue weighted by Gasteiger charge is 2.31. The Morgan fingerprint density at radius 1 is 0.919 bits per heavy atom. The zero-order valence-electron chi connectivity index (χ0n) is 21.7. The van der Waals surface area contributed by atoms with E-state index in [0.717, 1.165) is 21.0 Å². The lowest BCUT2D eigenvalue weighted by Crippen LogP contribution is -2.41. The topological polar surface area (TPSA) is 94.2 Å². The number of nitrogens with zero attached hydrogens (tertiary/aromatic N) is 1. The van der Waals surface area contributed by atoms with Crippen LogP contribution < -0.4 is 23.8 Å². The van der Waals surface area contributed by atoms with Gasteiger partial charge in [0, 0.05) is 11.1 Å². The van der Waals surface area contributed by atoms with Crippen LogP contribution in [0, 0.1) is 13.8 Å². The number of nitrogens with one attached hydrogen (secondary N) is 1. The molecule has 0 spiro atoms. The summed E-state index contributed by atoms with van der Waals surface area (Å²) in [7, 11) is 0.00636. The number of anilines is 1. The Labute approximate surface area is 223 Å². The Kier molecular flexibility index (Phi) is 8.94. The third-order valence-corrected chi connectivity index (χ3v) is 7.90. The van der Waals surface area contributed by atoms with Crippen molar-refractivity contribution in [3.63, 3.8) is 0 Å². The van der Waals surface area contributed by atoms with Crippen LogP contribution in [0.1, 0.15) is 29.7 Å². The van der Waals surface area contributed by atoms with Crippen molar-refractivity contribution < 1.29 is 27.4 Å². The molecule has 3 aromatic carbocycles. The second-order valence-corrected chi connectivity index (χ2v) is 10.8. The van der Waals surface area contributed by atoms with E-state index in [9.17, 15) is 13.2 Å². The summed E-state index contributed by atoms with van der Waals surface area (Å²) in [6, 6.07) is 14.4. The SMILES string of the molecule is COc1ccc(S(=O)(=O)N(CC(=O)NC(C)c2ccc(C)cc2C)c2cc(Cl)ccc2OC)cc1OC. The zero-order chi connectivity index (χ0) is 27.3. The molecule has 1 N–H and O–H groups in total. The minimum Gasteiger partial charge on any atom is -0.495 e. The van der Waals surface area contributed by atoms with Gasteiger partial charge in [0.25, 0.3) is 10.0 Å². The van der Waals surface area contributed by atoms with Crippen LogP contribution in [0.5, 0.6) is 17.2 Å². The van der Waals surface area contributed by atoms with Crippen LogP contribution in [0.2, 0.25) is 5.02 Å². The molecule has 0 saturated heterocycles. The number of ether oxygens (including phenoxy) is 3. The summed E-state index contributed by atoms with van der Waals surface area (Å²) in [5.41, 5.74) is 3.20. The van der Waals surface area contributed by atoms with E-state index in [1.807, 2.05) is 39.0 Å². The first kappa shape index (κ1) is 28.1. The molecular weight excluding hydrogens is 516 g/mol. The number of aryl methyl sites for hydroxylation is 2. The molecule has 0 fully saturated rings. The number of hydrogen-bond donors (Lipinski definition) is 1. The van der Waals surface area contributed by atoms with E-state index in [1.54, 1.807) is 12.1 Å². The molecule has 3 rings (SSSR count). The maximum atomic E-state index is 13.9. The molecule has 1 amide bonds. The fraction of sp³-hybridized carbons (Fsp3) is 0.296. The zero-order valence-corrected chi connectivity index (χ0v) is 23.2. The van der Waals surface area contributed by atoms with Gasteiger partial charge in [-0.3, -0.25) is 9.10 Å². The van der Waals surface area contributed by atoms with Crippen LogP contribution in [0.15, 0.2) is 59.5 Å². The quantitative estimate of drug-likeness (QED) is 0.382. The molecule has 10 heteroatoms. The van der Waals surface area contributed by atoms with E-state index < -0.39 is 22.5 Å². The van der Waals surface area contributed by atoms with Crippen molar-refractivity contribution in [1.82, 2.24) is 5.32 Å². The second kappa shape index (κ2) is 11.7.